The minimum absolute atomic E-state index is 0.0504. The molecule has 218 valence electrons. The van der Waals surface area contributed by atoms with Crippen molar-refractivity contribution in [3.8, 4) is 0 Å². The average molecular weight is 630 g/mol. The molecule has 0 aromatic heterocycles. The first-order chi connectivity index (χ1) is 20.3. The molecule has 4 aromatic carbocycles. The Morgan fingerprint density at radius 1 is 0.762 bits per heavy atom. The Kier molecular flexibility index (Phi) is 9.64. The van der Waals surface area contributed by atoms with Gasteiger partial charge in [0, 0.05) is 0 Å². The third-order valence-electron chi connectivity index (χ3n) is 7.81. The molecule has 1 aliphatic heterocycles. The van der Waals surface area contributed by atoms with E-state index in [1.54, 1.807) is 6.92 Å². The zero-order chi connectivity index (χ0) is 29.6. The van der Waals surface area contributed by atoms with E-state index in [0.717, 1.165) is 21.2 Å². The van der Waals surface area contributed by atoms with Crippen LogP contribution in [-0.4, -0.2) is 64.8 Å². The van der Waals surface area contributed by atoms with Crippen molar-refractivity contribution in [2.24, 2.45) is 0 Å². The average Bonchev–Trinajstić information content (AvgIpc) is 2.99. The van der Waals surface area contributed by atoms with E-state index in [0.29, 0.717) is 5.76 Å². The maximum atomic E-state index is 13.1. The molecule has 6 atom stereocenters. The first kappa shape index (κ1) is 30.2. The number of hydrogen-bond acceptors (Lipinski definition) is 5. The van der Waals surface area contributed by atoms with Gasteiger partial charge in [0.1, 0.15) is 0 Å². The van der Waals surface area contributed by atoms with Crippen molar-refractivity contribution in [1.82, 2.24) is 0 Å². The van der Waals surface area contributed by atoms with Crippen LogP contribution >= 0.6 is 0 Å². The molecule has 42 heavy (non-hydrogen) atoms. The molecule has 1 unspecified atom stereocenters. The molecule has 5 rings (SSSR count). The van der Waals surface area contributed by atoms with Gasteiger partial charge in [-0.1, -0.05) is 0 Å². The summed E-state index contributed by atoms with van der Waals surface area (Å²) >= 11 is -0.329. The molecular weight excluding hydrogens is 591 g/mol. The summed E-state index contributed by atoms with van der Waals surface area (Å²) in [5.74, 6) is 0.411. The Balaban J connectivity index is 1.66. The fourth-order valence-electron chi connectivity index (χ4n) is 5.83. The Bertz CT molecular complexity index is 1420. The quantitative estimate of drug-likeness (QED) is 0.171. The molecule has 3 N–H and O–H groups in total. The van der Waals surface area contributed by atoms with Crippen LogP contribution in [0.4, 0.5) is 0 Å². The van der Waals surface area contributed by atoms with Gasteiger partial charge in [-0.25, -0.2) is 0 Å². The summed E-state index contributed by atoms with van der Waals surface area (Å²) in [6.45, 7) is 5.73. The number of aliphatic hydroxyl groups is 3. The molecule has 1 saturated heterocycles. The number of allylic oxidation sites excluding steroid dienone is 1. The molecule has 1 fully saturated rings. The molecule has 0 bridgehead atoms. The van der Waals surface area contributed by atoms with Crippen molar-refractivity contribution in [3.63, 3.8) is 0 Å². The van der Waals surface area contributed by atoms with Crippen molar-refractivity contribution in [1.29, 1.82) is 0 Å². The van der Waals surface area contributed by atoms with Crippen LogP contribution in [0.15, 0.2) is 134 Å². The van der Waals surface area contributed by atoms with E-state index < -0.39 is 34.5 Å². The monoisotopic (exact) mass is 630 g/mol. The van der Waals surface area contributed by atoms with E-state index in [1.807, 2.05) is 121 Å². The molecular formula is C36H38O5Se. The number of hydrogen-bond donors (Lipinski definition) is 3. The first-order valence-electron chi connectivity index (χ1n) is 14.2. The van der Waals surface area contributed by atoms with Crippen molar-refractivity contribution in [3.05, 3.63) is 150 Å². The number of rotatable bonds is 11. The molecule has 6 heteroatoms. The van der Waals surface area contributed by atoms with Crippen molar-refractivity contribution < 1.29 is 24.8 Å². The summed E-state index contributed by atoms with van der Waals surface area (Å²) in [5.41, 5.74) is -1.22. The van der Waals surface area contributed by atoms with E-state index in [4.69, 9.17) is 9.47 Å². The molecule has 5 nitrogen and oxygen atoms in total. The minimum atomic E-state index is -1.93. The van der Waals surface area contributed by atoms with Gasteiger partial charge in [0.15, 0.2) is 0 Å². The van der Waals surface area contributed by atoms with E-state index in [9.17, 15) is 15.3 Å². The number of aliphatic hydroxyl groups excluding tert-OH is 1. The molecule has 0 aliphatic carbocycles. The van der Waals surface area contributed by atoms with Crippen LogP contribution in [-0.2, 0) is 28.7 Å². The third kappa shape index (κ3) is 6.71. The molecule has 0 saturated carbocycles. The fraction of sp³-hybridized carbons (Fsp3) is 0.278. The van der Waals surface area contributed by atoms with Gasteiger partial charge in [-0.15, -0.1) is 0 Å². The predicted molar refractivity (Wildman–Crippen MR) is 167 cm³/mol. The van der Waals surface area contributed by atoms with E-state index >= 15 is 0 Å². The Hall–Kier alpha value is -3.22. The molecule has 0 amide bonds. The van der Waals surface area contributed by atoms with Gasteiger partial charge in [0.2, 0.25) is 0 Å². The SMILES string of the molecule is C=C(C)O[C@@H]1[C@@H]([Se]c2ccccc2)O[C@H](C(O)Cc2ccccc2)[C@](O)(Cc2ccccc2)[C@@]1(O)Cc1ccccc1. The van der Waals surface area contributed by atoms with Crippen molar-refractivity contribution in [2.45, 2.75) is 60.7 Å². The molecule has 0 spiro atoms. The Morgan fingerprint density at radius 3 is 1.71 bits per heavy atom. The zero-order valence-corrected chi connectivity index (χ0v) is 25.5. The van der Waals surface area contributed by atoms with Crippen LogP contribution in [0.1, 0.15) is 23.6 Å². The van der Waals surface area contributed by atoms with Gasteiger partial charge in [-0.05, 0) is 0 Å². The summed E-state index contributed by atoms with van der Waals surface area (Å²) in [5, 5.41) is 37.2. The summed E-state index contributed by atoms with van der Waals surface area (Å²) in [7, 11) is 0. The van der Waals surface area contributed by atoms with Gasteiger partial charge in [0.25, 0.3) is 0 Å². The van der Waals surface area contributed by atoms with Crippen LogP contribution in [0.25, 0.3) is 0 Å². The Morgan fingerprint density at radius 2 is 1.21 bits per heavy atom. The fourth-order valence-corrected chi connectivity index (χ4v) is 8.27. The second-order valence-electron chi connectivity index (χ2n) is 11.0. The van der Waals surface area contributed by atoms with E-state index in [2.05, 4.69) is 6.58 Å². The molecule has 1 aliphatic rings. The van der Waals surface area contributed by atoms with Crippen LogP contribution in [0.3, 0.4) is 0 Å². The van der Waals surface area contributed by atoms with Gasteiger partial charge in [0.05, 0.1) is 0 Å². The maximum absolute atomic E-state index is 13.1. The molecule has 4 aromatic rings. The Labute approximate surface area is 254 Å². The van der Waals surface area contributed by atoms with Crippen molar-refractivity contribution >= 4 is 19.4 Å². The zero-order valence-electron chi connectivity index (χ0n) is 23.8. The van der Waals surface area contributed by atoms with E-state index in [1.165, 1.54) is 0 Å². The van der Waals surface area contributed by atoms with Crippen LogP contribution in [0.2, 0.25) is 0 Å². The predicted octanol–water partition coefficient (Wildman–Crippen LogP) is 4.21. The second-order valence-corrected chi connectivity index (χ2v) is 13.5. The summed E-state index contributed by atoms with van der Waals surface area (Å²) in [6, 6.07) is 38.7. The second kappa shape index (κ2) is 13.4. The third-order valence-corrected chi connectivity index (χ3v) is 10.2. The van der Waals surface area contributed by atoms with Crippen LogP contribution in [0, 0.1) is 0 Å². The van der Waals surface area contributed by atoms with Crippen molar-refractivity contribution in [2.75, 3.05) is 0 Å². The van der Waals surface area contributed by atoms with E-state index in [-0.39, 0.29) is 34.2 Å². The van der Waals surface area contributed by atoms with Gasteiger partial charge >= 0.3 is 255 Å². The molecule has 1 heterocycles. The summed E-state index contributed by atoms with van der Waals surface area (Å²) in [4.78, 5) is 0. The standard InChI is InChI=1S/C36H38O5Se/c1-26(2)40-33-34(42-30-21-13-6-14-22-30)41-32(31(37)23-27-15-7-3-8-16-27)35(38,24-28-17-9-4-10-18-28)36(33,39)25-29-19-11-5-12-20-29/h3-22,31-34,37-39H,1,23-25H2,2H3/t31?,32-,33-,34-,35-,36-/m1/s1. The van der Waals surface area contributed by atoms with Gasteiger partial charge < -0.3 is 0 Å². The van der Waals surface area contributed by atoms with Crippen LogP contribution < -0.4 is 4.46 Å². The number of benzene rings is 4. The van der Waals surface area contributed by atoms with Gasteiger partial charge in [-0.3, -0.25) is 0 Å². The summed E-state index contributed by atoms with van der Waals surface area (Å²) < 4.78 is 14.2. The first-order valence-corrected chi connectivity index (χ1v) is 16.1. The van der Waals surface area contributed by atoms with Crippen LogP contribution in [0.5, 0.6) is 0 Å². The number of ether oxygens (including phenoxy) is 2. The topological polar surface area (TPSA) is 79.2 Å². The van der Waals surface area contributed by atoms with Gasteiger partial charge in [-0.2, -0.15) is 0 Å². The molecule has 0 radical (unpaired) electrons. The normalized spacial score (nSPS) is 26.3. The summed E-state index contributed by atoms with van der Waals surface area (Å²) in [6.07, 6.45) is -2.79.